The summed E-state index contributed by atoms with van der Waals surface area (Å²) in [5.41, 5.74) is 3.65. The predicted molar refractivity (Wildman–Crippen MR) is 113 cm³/mol. The summed E-state index contributed by atoms with van der Waals surface area (Å²) in [7, 11) is 0. The summed E-state index contributed by atoms with van der Waals surface area (Å²) in [6, 6.07) is 22.9. The number of carbonyl (C=O) groups excluding carboxylic acids is 1. The molecule has 3 aromatic rings. The third kappa shape index (κ3) is 5.52. The van der Waals surface area contributed by atoms with Gasteiger partial charge in [-0.3, -0.25) is 10.1 Å². The molecule has 3 nitrogen and oxygen atoms in total. The van der Waals surface area contributed by atoms with E-state index >= 15 is 0 Å². The Bertz CT molecular complexity index is 829. The van der Waals surface area contributed by atoms with Crippen molar-refractivity contribution >= 4 is 17.2 Å². The number of benzene rings is 2. The SMILES string of the molecule is Cc1ccc([C@@H](NCC(=O)NC[C@@H](C)c2ccccc2)c2cccs2)cc1. The number of aryl methyl sites for hydroxylation is 1. The average molecular weight is 379 g/mol. The summed E-state index contributed by atoms with van der Waals surface area (Å²) < 4.78 is 0. The van der Waals surface area contributed by atoms with Crippen LogP contribution in [0.2, 0.25) is 0 Å². The number of amides is 1. The van der Waals surface area contributed by atoms with Crippen molar-refractivity contribution in [2.24, 2.45) is 0 Å². The van der Waals surface area contributed by atoms with Gasteiger partial charge in [0.15, 0.2) is 0 Å². The zero-order chi connectivity index (χ0) is 19.1. The molecule has 1 heterocycles. The molecule has 0 saturated carbocycles. The van der Waals surface area contributed by atoms with Crippen LogP contribution in [0, 0.1) is 6.92 Å². The highest BCUT2D eigenvalue weighted by atomic mass is 32.1. The first-order chi connectivity index (χ1) is 13.1. The molecule has 0 saturated heterocycles. The standard InChI is InChI=1S/C23H26N2OS/c1-17-10-12-20(13-11-17)23(21-9-6-14-27-21)25-16-22(26)24-15-18(2)19-7-4-3-5-8-19/h3-14,18,23,25H,15-16H2,1-2H3,(H,24,26)/t18-,23-/m1/s1. The molecule has 140 valence electrons. The van der Waals surface area contributed by atoms with Gasteiger partial charge in [-0.25, -0.2) is 0 Å². The van der Waals surface area contributed by atoms with Crippen LogP contribution in [0.5, 0.6) is 0 Å². The van der Waals surface area contributed by atoms with E-state index in [0.29, 0.717) is 12.5 Å². The van der Waals surface area contributed by atoms with Gasteiger partial charge in [-0.15, -0.1) is 11.3 Å². The Morgan fingerprint density at radius 3 is 2.37 bits per heavy atom. The van der Waals surface area contributed by atoms with E-state index in [-0.39, 0.29) is 18.5 Å². The summed E-state index contributed by atoms with van der Waals surface area (Å²) in [6.07, 6.45) is 0. The average Bonchev–Trinajstić information content (AvgIpc) is 3.23. The molecule has 3 rings (SSSR count). The van der Waals surface area contributed by atoms with E-state index in [1.807, 2.05) is 24.3 Å². The number of carbonyl (C=O) groups is 1. The first-order valence-electron chi connectivity index (χ1n) is 9.28. The van der Waals surface area contributed by atoms with Crippen LogP contribution in [-0.4, -0.2) is 19.0 Å². The second-order valence-corrected chi connectivity index (χ2v) is 7.84. The van der Waals surface area contributed by atoms with Gasteiger partial charge in [-0.05, 0) is 35.4 Å². The molecule has 0 unspecified atom stereocenters. The Morgan fingerprint density at radius 1 is 0.963 bits per heavy atom. The third-order valence-electron chi connectivity index (χ3n) is 4.68. The maximum Gasteiger partial charge on any atom is 0.234 e. The number of hydrogen-bond donors (Lipinski definition) is 2. The van der Waals surface area contributed by atoms with Crippen molar-refractivity contribution in [3.63, 3.8) is 0 Å². The van der Waals surface area contributed by atoms with E-state index in [0.717, 1.165) is 0 Å². The Morgan fingerprint density at radius 2 is 1.70 bits per heavy atom. The fraction of sp³-hybridized carbons (Fsp3) is 0.261. The van der Waals surface area contributed by atoms with Crippen molar-refractivity contribution in [3.05, 3.63) is 93.7 Å². The second-order valence-electron chi connectivity index (χ2n) is 6.86. The monoisotopic (exact) mass is 378 g/mol. The lowest BCUT2D eigenvalue weighted by molar-refractivity contribution is -0.120. The summed E-state index contributed by atoms with van der Waals surface area (Å²) in [4.78, 5) is 13.6. The topological polar surface area (TPSA) is 41.1 Å². The molecule has 2 aromatic carbocycles. The molecule has 27 heavy (non-hydrogen) atoms. The molecular weight excluding hydrogens is 352 g/mol. The molecule has 2 N–H and O–H groups in total. The van der Waals surface area contributed by atoms with Gasteiger partial charge in [-0.1, -0.05) is 73.2 Å². The van der Waals surface area contributed by atoms with E-state index in [1.54, 1.807) is 11.3 Å². The van der Waals surface area contributed by atoms with Crippen molar-refractivity contribution < 1.29 is 4.79 Å². The van der Waals surface area contributed by atoms with Gasteiger partial charge in [0.2, 0.25) is 5.91 Å². The molecule has 0 spiro atoms. The van der Waals surface area contributed by atoms with Crippen molar-refractivity contribution in [1.82, 2.24) is 10.6 Å². The minimum Gasteiger partial charge on any atom is -0.354 e. The number of rotatable bonds is 8. The maximum atomic E-state index is 12.4. The third-order valence-corrected chi connectivity index (χ3v) is 5.62. The van der Waals surface area contributed by atoms with Crippen LogP contribution < -0.4 is 10.6 Å². The van der Waals surface area contributed by atoms with Crippen LogP contribution in [0.3, 0.4) is 0 Å². The largest absolute Gasteiger partial charge is 0.354 e. The Labute approximate surface area is 165 Å². The lowest BCUT2D eigenvalue weighted by atomic mass is 10.0. The Kier molecular flexibility index (Phi) is 6.80. The van der Waals surface area contributed by atoms with Crippen LogP contribution in [0.25, 0.3) is 0 Å². The van der Waals surface area contributed by atoms with E-state index in [1.165, 1.54) is 21.6 Å². The summed E-state index contributed by atoms with van der Waals surface area (Å²) in [5.74, 6) is 0.312. The molecule has 1 aromatic heterocycles. The number of thiophene rings is 1. The number of hydrogen-bond acceptors (Lipinski definition) is 3. The van der Waals surface area contributed by atoms with Crippen LogP contribution in [0.4, 0.5) is 0 Å². The molecule has 0 radical (unpaired) electrons. The first kappa shape index (κ1) is 19.3. The summed E-state index contributed by atoms with van der Waals surface area (Å²) in [6.45, 7) is 5.14. The molecule has 0 aliphatic carbocycles. The molecule has 0 aliphatic heterocycles. The van der Waals surface area contributed by atoms with Crippen molar-refractivity contribution in [2.75, 3.05) is 13.1 Å². The van der Waals surface area contributed by atoms with Crippen LogP contribution in [0.15, 0.2) is 72.1 Å². The normalized spacial score (nSPS) is 13.1. The van der Waals surface area contributed by atoms with Gasteiger partial charge in [0, 0.05) is 11.4 Å². The molecule has 0 aliphatic rings. The van der Waals surface area contributed by atoms with Gasteiger partial charge in [0.25, 0.3) is 0 Å². The smallest absolute Gasteiger partial charge is 0.234 e. The highest BCUT2D eigenvalue weighted by Crippen LogP contribution is 2.26. The molecule has 0 fully saturated rings. The number of nitrogens with one attached hydrogen (secondary N) is 2. The van der Waals surface area contributed by atoms with Crippen molar-refractivity contribution in [2.45, 2.75) is 25.8 Å². The van der Waals surface area contributed by atoms with Gasteiger partial charge >= 0.3 is 0 Å². The van der Waals surface area contributed by atoms with Crippen molar-refractivity contribution in [3.8, 4) is 0 Å². The van der Waals surface area contributed by atoms with Gasteiger partial charge in [0.05, 0.1) is 12.6 Å². The summed E-state index contributed by atoms with van der Waals surface area (Å²) >= 11 is 1.70. The van der Waals surface area contributed by atoms with Crippen LogP contribution in [-0.2, 0) is 4.79 Å². The fourth-order valence-corrected chi connectivity index (χ4v) is 3.85. The van der Waals surface area contributed by atoms with Gasteiger partial charge in [-0.2, -0.15) is 0 Å². The maximum absolute atomic E-state index is 12.4. The first-order valence-corrected chi connectivity index (χ1v) is 10.2. The van der Waals surface area contributed by atoms with E-state index in [2.05, 4.69) is 72.3 Å². The second kappa shape index (κ2) is 9.49. The molecular formula is C23H26N2OS. The van der Waals surface area contributed by atoms with Crippen molar-refractivity contribution in [1.29, 1.82) is 0 Å². The molecule has 0 bridgehead atoms. The van der Waals surface area contributed by atoms with Crippen LogP contribution in [0.1, 0.15) is 40.5 Å². The minimum atomic E-state index is 0.0199. The lowest BCUT2D eigenvalue weighted by Crippen LogP contribution is -2.37. The zero-order valence-corrected chi connectivity index (χ0v) is 16.6. The lowest BCUT2D eigenvalue weighted by Gasteiger charge is -2.19. The van der Waals surface area contributed by atoms with E-state index < -0.39 is 0 Å². The summed E-state index contributed by atoms with van der Waals surface area (Å²) in [5, 5.41) is 8.53. The van der Waals surface area contributed by atoms with E-state index in [4.69, 9.17) is 0 Å². The minimum absolute atomic E-state index is 0.0199. The molecule has 1 amide bonds. The van der Waals surface area contributed by atoms with Gasteiger partial charge < -0.3 is 5.32 Å². The molecule has 2 atom stereocenters. The highest BCUT2D eigenvalue weighted by molar-refractivity contribution is 7.10. The highest BCUT2D eigenvalue weighted by Gasteiger charge is 2.16. The Balaban J connectivity index is 1.57. The van der Waals surface area contributed by atoms with Gasteiger partial charge in [0.1, 0.15) is 0 Å². The zero-order valence-electron chi connectivity index (χ0n) is 15.8. The Hall–Kier alpha value is -2.43. The fourth-order valence-electron chi connectivity index (χ4n) is 3.02. The quantitative estimate of drug-likeness (QED) is 0.599. The van der Waals surface area contributed by atoms with E-state index in [9.17, 15) is 4.79 Å². The molecule has 4 heteroatoms. The predicted octanol–water partition coefficient (Wildman–Crippen LogP) is 4.66. The van der Waals surface area contributed by atoms with Crippen LogP contribution >= 0.6 is 11.3 Å².